The topological polar surface area (TPSA) is 168 Å². The normalized spacial score (nSPS) is 14.6. The lowest BCUT2D eigenvalue weighted by atomic mass is 9.94. The number of nitrogens with one attached hydrogen (secondary N) is 3. The van der Waals surface area contributed by atoms with Crippen molar-refractivity contribution in [1.82, 2.24) is 25.5 Å². The molecule has 1 aliphatic rings. The van der Waals surface area contributed by atoms with Crippen molar-refractivity contribution in [3.63, 3.8) is 0 Å². The maximum absolute atomic E-state index is 12.8. The molecule has 0 spiro atoms. The van der Waals surface area contributed by atoms with E-state index in [0.29, 0.717) is 69.1 Å². The fourth-order valence-electron chi connectivity index (χ4n) is 3.87. The summed E-state index contributed by atoms with van der Waals surface area (Å²) in [4.78, 5) is 46.1. The molecule has 1 aliphatic heterocycles. The number of carbonyl (C=O) groups excluding carboxylic acids is 2. The van der Waals surface area contributed by atoms with Gasteiger partial charge in [0.25, 0.3) is 0 Å². The minimum Gasteiger partial charge on any atom is -0.465 e. The largest absolute Gasteiger partial charge is 0.465 e. The first-order valence-corrected chi connectivity index (χ1v) is 15.4. The highest BCUT2D eigenvalue weighted by Gasteiger charge is 2.26. The number of nitrogens with zero attached hydrogens (tertiary/aromatic N) is 3. The van der Waals surface area contributed by atoms with Crippen LogP contribution < -0.4 is 16.0 Å². The first kappa shape index (κ1) is 32.8. The van der Waals surface area contributed by atoms with Gasteiger partial charge in [-0.15, -0.1) is 11.8 Å². The number of carboxylic acid groups (broad SMARTS) is 1. The number of amides is 3. The third kappa shape index (κ3) is 12.4. The van der Waals surface area contributed by atoms with Crippen LogP contribution in [0.2, 0.25) is 0 Å². The summed E-state index contributed by atoms with van der Waals surface area (Å²) in [6.45, 7) is 9.83. The van der Waals surface area contributed by atoms with Crippen molar-refractivity contribution in [1.29, 1.82) is 0 Å². The van der Waals surface area contributed by atoms with Crippen molar-refractivity contribution < 1.29 is 33.4 Å². The number of rotatable bonds is 16. The van der Waals surface area contributed by atoms with Gasteiger partial charge in [0.1, 0.15) is 5.76 Å². The van der Waals surface area contributed by atoms with Gasteiger partial charge < -0.3 is 34.9 Å². The number of carbonyl (C=O) groups is 3. The summed E-state index contributed by atoms with van der Waals surface area (Å²) >= 11 is 3.00. The highest BCUT2D eigenvalue weighted by molar-refractivity contribution is 8.00. The van der Waals surface area contributed by atoms with Gasteiger partial charge in [-0.25, -0.2) is 14.8 Å². The molecule has 41 heavy (non-hydrogen) atoms. The molecule has 13 nitrogen and oxygen atoms in total. The van der Waals surface area contributed by atoms with Crippen molar-refractivity contribution in [2.75, 3.05) is 64.5 Å². The minimum absolute atomic E-state index is 0.0400. The second-order valence-corrected chi connectivity index (χ2v) is 12.8. The maximum Gasteiger partial charge on any atom is 0.404 e. The Bertz CT molecular complexity index is 1110. The number of likely N-dealkylation sites (tertiary alicyclic amines) is 1. The first-order chi connectivity index (χ1) is 19.6. The van der Waals surface area contributed by atoms with Crippen LogP contribution >= 0.6 is 23.1 Å². The van der Waals surface area contributed by atoms with Gasteiger partial charge in [-0.3, -0.25) is 14.5 Å². The van der Waals surface area contributed by atoms with Crippen LogP contribution in [0.3, 0.4) is 0 Å². The van der Waals surface area contributed by atoms with E-state index in [1.54, 1.807) is 24.2 Å². The zero-order chi connectivity index (χ0) is 29.7. The lowest BCUT2D eigenvalue weighted by Gasteiger charge is -2.30. The summed E-state index contributed by atoms with van der Waals surface area (Å²) in [5.74, 6) is 1.87. The molecule has 4 N–H and O–H groups in total. The number of thiazole rings is 1. The molecule has 2 aromatic rings. The zero-order valence-corrected chi connectivity index (χ0v) is 25.4. The van der Waals surface area contributed by atoms with E-state index in [0.717, 1.165) is 9.97 Å². The van der Waals surface area contributed by atoms with Crippen LogP contribution in [-0.4, -0.2) is 97.0 Å². The van der Waals surface area contributed by atoms with Crippen LogP contribution in [0.15, 0.2) is 21.0 Å². The van der Waals surface area contributed by atoms with E-state index in [-0.39, 0.29) is 42.8 Å². The van der Waals surface area contributed by atoms with Crippen LogP contribution in [0.25, 0.3) is 0 Å². The van der Waals surface area contributed by atoms with Gasteiger partial charge in [0, 0.05) is 24.4 Å². The van der Waals surface area contributed by atoms with Crippen molar-refractivity contribution >= 4 is 46.1 Å². The fourth-order valence-corrected chi connectivity index (χ4v) is 5.60. The molecule has 1 saturated heterocycles. The molecule has 0 atom stereocenters. The Morgan fingerprint density at radius 1 is 1.07 bits per heavy atom. The summed E-state index contributed by atoms with van der Waals surface area (Å²) in [6, 6.07) is 0. The molecule has 3 heterocycles. The average molecular weight is 613 g/mol. The molecule has 0 bridgehead atoms. The number of hydrogen-bond donors (Lipinski definition) is 4. The van der Waals surface area contributed by atoms with E-state index in [2.05, 4.69) is 46.7 Å². The van der Waals surface area contributed by atoms with E-state index in [4.69, 9.17) is 19.0 Å². The third-order valence-corrected chi connectivity index (χ3v) is 8.23. The second kappa shape index (κ2) is 16.7. The highest BCUT2D eigenvalue weighted by Crippen LogP contribution is 2.32. The predicted molar refractivity (Wildman–Crippen MR) is 155 cm³/mol. The molecule has 1 fully saturated rings. The molecule has 228 valence electrons. The van der Waals surface area contributed by atoms with Crippen molar-refractivity contribution in [3.8, 4) is 0 Å². The number of oxazole rings is 1. The van der Waals surface area contributed by atoms with Crippen molar-refractivity contribution in [3.05, 3.63) is 24.0 Å². The van der Waals surface area contributed by atoms with Crippen LogP contribution in [-0.2, 0) is 30.2 Å². The van der Waals surface area contributed by atoms with Gasteiger partial charge in [0.2, 0.25) is 17.7 Å². The van der Waals surface area contributed by atoms with Gasteiger partial charge >= 0.3 is 6.09 Å². The smallest absolute Gasteiger partial charge is 0.404 e. The van der Waals surface area contributed by atoms with E-state index >= 15 is 0 Å². The Labute approximate surface area is 248 Å². The third-order valence-electron chi connectivity index (χ3n) is 6.13. The SMILES string of the molecule is CC(C)(C)c1cnc(CSc2cnc(NC(=O)C3CCN(CC(=O)NCCOCCOCCNC(=O)O)CC3)s2)o1. The standard InChI is InChI=1S/C26H40N6O7S2/c1-26(2,3)19-14-29-21(39-19)17-40-22-15-30-24(41-22)31-23(34)18-4-8-32(9-5-18)16-20(33)27-6-10-37-12-13-38-11-7-28-25(35)36/h14-15,18,28H,4-13,16-17H2,1-3H3,(H,27,33)(H,35,36)(H,30,31,34). The van der Waals surface area contributed by atoms with E-state index in [1.807, 2.05) is 4.90 Å². The Morgan fingerprint density at radius 2 is 1.76 bits per heavy atom. The minimum atomic E-state index is -1.08. The monoisotopic (exact) mass is 612 g/mol. The molecule has 0 unspecified atom stereocenters. The number of ether oxygens (including phenoxy) is 2. The number of thioether (sulfide) groups is 1. The maximum atomic E-state index is 12.8. The van der Waals surface area contributed by atoms with E-state index in [1.165, 1.54) is 11.3 Å². The lowest BCUT2D eigenvalue weighted by Crippen LogP contribution is -2.44. The number of anilines is 1. The van der Waals surface area contributed by atoms with Gasteiger partial charge in [-0.05, 0) is 25.9 Å². The van der Waals surface area contributed by atoms with Crippen molar-refractivity contribution in [2.24, 2.45) is 5.92 Å². The molecule has 15 heteroatoms. The predicted octanol–water partition coefficient (Wildman–Crippen LogP) is 2.79. The number of piperidine rings is 1. The summed E-state index contributed by atoms with van der Waals surface area (Å²) in [6.07, 6.45) is 3.80. The molecule has 3 amide bonds. The molecule has 0 aliphatic carbocycles. The molecular formula is C26H40N6O7S2. The molecule has 0 saturated carbocycles. The second-order valence-electron chi connectivity index (χ2n) is 10.5. The Balaban J connectivity index is 1.24. The summed E-state index contributed by atoms with van der Waals surface area (Å²) in [5, 5.41) is 17.0. The average Bonchev–Trinajstić information content (AvgIpc) is 3.58. The summed E-state index contributed by atoms with van der Waals surface area (Å²) in [5.41, 5.74) is -0.0838. The number of hydrogen-bond acceptors (Lipinski definition) is 11. The van der Waals surface area contributed by atoms with Crippen LogP contribution in [0.1, 0.15) is 45.3 Å². The molecular weight excluding hydrogens is 572 g/mol. The van der Waals surface area contributed by atoms with Gasteiger partial charge in [0.15, 0.2) is 5.13 Å². The summed E-state index contributed by atoms with van der Waals surface area (Å²) < 4.78 is 17.4. The molecule has 3 rings (SSSR count). The van der Waals surface area contributed by atoms with E-state index in [9.17, 15) is 14.4 Å². The highest BCUT2D eigenvalue weighted by atomic mass is 32.2. The lowest BCUT2D eigenvalue weighted by molar-refractivity contribution is -0.123. The quantitative estimate of drug-likeness (QED) is 0.162. The van der Waals surface area contributed by atoms with Crippen LogP contribution in [0.5, 0.6) is 0 Å². The Kier molecular flexibility index (Phi) is 13.3. The van der Waals surface area contributed by atoms with Gasteiger partial charge in [-0.2, -0.15) is 0 Å². The Hall–Kier alpha value is -2.72. The van der Waals surface area contributed by atoms with Gasteiger partial charge in [-0.1, -0.05) is 32.1 Å². The van der Waals surface area contributed by atoms with E-state index < -0.39 is 6.09 Å². The summed E-state index contributed by atoms with van der Waals surface area (Å²) in [7, 11) is 0. The van der Waals surface area contributed by atoms with Gasteiger partial charge in [0.05, 0.1) is 55.3 Å². The van der Waals surface area contributed by atoms with Crippen LogP contribution in [0.4, 0.5) is 9.93 Å². The molecule has 0 radical (unpaired) electrons. The van der Waals surface area contributed by atoms with Crippen LogP contribution in [0, 0.1) is 5.92 Å². The molecule has 2 aromatic heterocycles. The zero-order valence-electron chi connectivity index (χ0n) is 23.8. The first-order valence-electron chi connectivity index (χ1n) is 13.6. The number of aromatic nitrogens is 2. The Morgan fingerprint density at radius 3 is 2.39 bits per heavy atom. The molecule has 0 aromatic carbocycles. The fraction of sp³-hybridized carbons (Fsp3) is 0.654. The van der Waals surface area contributed by atoms with Crippen molar-refractivity contribution in [2.45, 2.75) is 49.0 Å².